The number of carbonyl (C=O) groups is 1. The van der Waals surface area contributed by atoms with E-state index in [0.717, 1.165) is 27.5 Å². The number of benzene rings is 2. The zero-order valence-electron chi connectivity index (χ0n) is 12.5. The topological polar surface area (TPSA) is 72.8 Å². The molecule has 6 nitrogen and oxygen atoms in total. The minimum Gasteiger partial charge on any atom is -0.461 e. The van der Waals surface area contributed by atoms with Gasteiger partial charge in [0, 0.05) is 10.8 Å². The van der Waals surface area contributed by atoms with Gasteiger partial charge in [0.2, 0.25) is 0 Å². The molecule has 2 heterocycles. The van der Waals surface area contributed by atoms with Gasteiger partial charge in [0.1, 0.15) is 0 Å². The molecule has 0 unspecified atom stereocenters. The van der Waals surface area contributed by atoms with Crippen LogP contribution in [0.25, 0.3) is 27.5 Å². The average Bonchev–Trinajstić information content (AvgIpc) is 3.19. The Kier molecular flexibility index (Phi) is 3.08. The third-order valence-corrected chi connectivity index (χ3v) is 3.73. The minimum atomic E-state index is -0.421. The van der Waals surface area contributed by atoms with Crippen molar-refractivity contribution in [1.29, 1.82) is 0 Å². The van der Waals surface area contributed by atoms with Crippen LogP contribution in [0.1, 0.15) is 17.4 Å². The predicted octanol–water partition coefficient (Wildman–Crippen LogP) is 3.08. The third kappa shape index (κ3) is 2.07. The number of rotatable bonds is 3. The molecule has 114 valence electrons. The van der Waals surface area contributed by atoms with Crippen molar-refractivity contribution in [2.45, 2.75) is 6.92 Å². The molecular formula is C17H14N4O2. The lowest BCUT2D eigenvalue weighted by molar-refractivity contribution is 0.0521. The Bertz CT molecular complexity index is 1000. The number of para-hydroxylation sites is 1. The highest BCUT2D eigenvalue weighted by Gasteiger charge is 2.21. The Labute approximate surface area is 131 Å². The van der Waals surface area contributed by atoms with Gasteiger partial charge in [0.15, 0.2) is 5.69 Å². The number of aromatic amines is 1. The Balaban J connectivity index is 2.08. The van der Waals surface area contributed by atoms with Crippen molar-refractivity contribution in [2.75, 3.05) is 6.61 Å². The van der Waals surface area contributed by atoms with E-state index in [-0.39, 0.29) is 0 Å². The number of carbonyl (C=O) groups excluding carboxylic acids is 1. The van der Waals surface area contributed by atoms with Crippen LogP contribution in [0.4, 0.5) is 0 Å². The van der Waals surface area contributed by atoms with E-state index in [4.69, 9.17) is 4.74 Å². The van der Waals surface area contributed by atoms with Crippen molar-refractivity contribution in [3.8, 4) is 5.69 Å². The molecule has 1 N–H and O–H groups in total. The van der Waals surface area contributed by atoms with Crippen molar-refractivity contribution in [3.63, 3.8) is 0 Å². The number of ether oxygens (including phenoxy) is 1. The molecule has 0 aliphatic heterocycles. The molecule has 0 radical (unpaired) electrons. The van der Waals surface area contributed by atoms with Gasteiger partial charge in [0.25, 0.3) is 0 Å². The van der Waals surface area contributed by atoms with E-state index >= 15 is 0 Å². The molecule has 4 rings (SSSR count). The molecule has 0 fully saturated rings. The number of esters is 1. The van der Waals surface area contributed by atoms with Crippen LogP contribution in [-0.2, 0) is 4.74 Å². The summed E-state index contributed by atoms with van der Waals surface area (Å²) in [5.74, 6) is -0.421. The van der Waals surface area contributed by atoms with Crippen molar-refractivity contribution < 1.29 is 9.53 Å². The van der Waals surface area contributed by atoms with Crippen LogP contribution in [0.15, 0.2) is 48.7 Å². The Morgan fingerprint density at radius 1 is 1.17 bits per heavy atom. The zero-order chi connectivity index (χ0) is 15.8. The lowest BCUT2D eigenvalue weighted by Gasteiger charge is -2.03. The first-order valence-electron chi connectivity index (χ1n) is 7.37. The summed E-state index contributed by atoms with van der Waals surface area (Å²) in [5, 5.41) is 13.2. The van der Waals surface area contributed by atoms with E-state index < -0.39 is 5.97 Å². The fraction of sp³-hybridized carbons (Fsp3) is 0.118. The van der Waals surface area contributed by atoms with Gasteiger partial charge >= 0.3 is 5.97 Å². The highest BCUT2D eigenvalue weighted by molar-refractivity contribution is 6.11. The maximum absolute atomic E-state index is 12.3. The SMILES string of the molecule is CCOC(=O)c1nn(-c2ccccc2)c2c1ccc1[nH]ncc12. The summed E-state index contributed by atoms with van der Waals surface area (Å²) >= 11 is 0. The first kappa shape index (κ1) is 13.5. The van der Waals surface area contributed by atoms with Crippen molar-refractivity contribution in [1.82, 2.24) is 20.0 Å². The summed E-state index contributed by atoms with van der Waals surface area (Å²) in [4.78, 5) is 12.3. The smallest absolute Gasteiger partial charge is 0.359 e. The van der Waals surface area contributed by atoms with Crippen LogP contribution in [0.5, 0.6) is 0 Å². The molecule has 0 aliphatic carbocycles. The summed E-state index contributed by atoms with van der Waals surface area (Å²) in [6.45, 7) is 2.09. The van der Waals surface area contributed by atoms with E-state index in [1.165, 1.54) is 0 Å². The highest BCUT2D eigenvalue weighted by Crippen LogP contribution is 2.29. The first-order valence-corrected chi connectivity index (χ1v) is 7.37. The minimum absolute atomic E-state index is 0.312. The van der Waals surface area contributed by atoms with Crippen LogP contribution < -0.4 is 0 Å². The molecule has 0 amide bonds. The molecular weight excluding hydrogens is 292 g/mol. The summed E-state index contributed by atoms with van der Waals surface area (Å²) in [7, 11) is 0. The summed E-state index contributed by atoms with van der Waals surface area (Å²) in [6.07, 6.45) is 1.74. The van der Waals surface area contributed by atoms with E-state index in [1.54, 1.807) is 17.8 Å². The van der Waals surface area contributed by atoms with Gasteiger partial charge in [-0.15, -0.1) is 0 Å². The van der Waals surface area contributed by atoms with Gasteiger partial charge in [-0.2, -0.15) is 10.2 Å². The number of hydrogen-bond donors (Lipinski definition) is 1. The molecule has 0 atom stereocenters. The fourth-order valence-electron chi connectivity index (χ4n) is 2.73. The summed E-state index contributed by atoms with van der Waals surface area (Å²) < 4.78 is 6.90. The van der Waals surface area contributed by atoms with Crippen LogP contribution in [0.2, 0.25) is 0 Å². The predicted molar refractivity (Wildman–Crippen MR) is 86.7 cm³/mol. The molecule has 23 heavy (non-hydrogen) atoms. The number of fused-ring (bicyclic) bond motifs is 3. The summed E-state index contributed by atoms with van der Waals surface area (Å²) in [5.41, 5.74) is 2.92. The van der Waals surface area contributed by atoms with E-state index in [9.17, 15) is 4.79 Å². The zero-order valence-corrected chi connectivity index (χ0v) is 12.5. The number of nitrogens with one attached hydrogen (secondary N) is 1. The second-order valence-corrected chi connectivity index (χ2v) is 5.11. The highest BCUT2D eigenvalue weighted by atomic mass is 16.5. The molecule has 6 heteroatoms. The number of aromatic nitrogens is 4. The monoisotopic (exact) mass is 306 g/mol. The van der Waals surface area contributed by atoms with E-state index in [2.05, 4.69) is 15.3 Å². The quantitative estimate of drug-likeness (QED) is 0.590. The lowest BCUT2D eigenvalue weighted by atomic mass is 10.1. The second-order valence-electron chi connectivity index (χ2n) is 5.11. The third-order valence-electron chi connectivity index (χ3n) is 3.73. The molecule has 2 aromatic heterocycles. The standard InChI is InChI=1S/C17H14N4O2/c1-2-23-17(22)15-12-8-9-14-13(10-18-19-14)16(12)21(20-15)11-6-4-3-5-7-11/h3-10H,2H2,1H3,(H,18,19). The van der Waals surface area contributed by atoms with Gasteiger partial charge in [-0.1, -0.05) is 18.2 Å². The van der Waals surface area contributed by atoms with E-state index in [0.29, 0.717) is 12.3 Å². The molecule has 0 spiro atoms. The van der Waals surface area contributed by atoms with Gasteiger partial charge in [-0.3, -0.25) is 5.10 Å². The van der Waals surface area contributed by atoms with Crippen LogP contribution in [-0.4, -0.2) is 32.6 Å². The first-order chi connectivity index (χ1) is 11.3. The average molecular weight is 306 g/mol. The fourth-order valence-corrected chi connectivity index (χ4v) is 2.73. The molecule has 2 aromatic carbocycles. The largest absolute Gasteiger partial charge is 0.461 e. The Morgan fingerprint density at radius 3 is 2.78 bits per heavy atom. The van der Waals surface area contributed by atoms with Crippen molar-refractivity contribution in [3.05, 3.63) is 54.4 Å². The number of nitrogens with zero attached hydrogens (tertiary/aromatic N) is 3. The van der Waals surface area contributed by atoms with Crippen molar-refractivity contribution >= 4 is 27.8 Å². The molecule has 4 aromatic rings. The Hall–Kier alpha value is -3.15. The second kappa shape index (κ2) is 5.24. The lowest BCUT2D eigenvalue weighted by Crippen LogP contribution is -2.06. The maximum atomic E-state index is 12.3. The maximum Gasteiger partial charge on any atom is 0.359 e. The molecule has 0 aliphatic rings. The molecule has 0 saturated heterocycles. The molecule has 0 saturated carbocycles. The van der Waals surface area contributed by atoms with E-state index in [1.807, 2.05) is 42.5 Å². The van der Waals surface area contributed by atoms with Gasteiger partial charge < -0.3 is 4.74 Å². The van der Waals surface area contributed by atoms with Crippen LogP contribution in [0.3, 0.4) is 0 Å². The Morgan fingerprint density at radius 2 is 2.00 bits per heavy atom. The van der Waals surface area contributed by atoms with Crippen LogP contribution >= 0.6 is 0 Å². The number of hydrogen-bond acceptors (Lipinski definition) is 4. The van der Waals surface area contributed by atoms with Gasteiger partial charge in [0.05, 0.1) is 29.5 Å². The summed E-state index contributed by atoms with van der Waals surface area (Å²) in [6, 6.07) is 13.5. The van der Waals surface area contributed by atoms with Gasteiger partial charge in [-0.05, 0) is 31.2 Å². The van der Waals surface area contributed by atoms with Gasteiger partial charge in [-0.25, -0.2) is 9.48 Å². The van der Waals surface area contributed by atoms with Crippen LogP contribution in [0, 0.1) is 0 Å². The van der Waals surface area contributed by atoms with Crippen molar-refractivity contribution in [2.24, 2.45) is 0 Å². The number of H-pyrrole nitrogens is 1. The normalized spacial score (nSPS) is 11.2. The molecule has 0 bridgehead atoms.